The zero-order chi connectivity index (χ0) is 22.5. The molecule has 0 aromatic heterocycles. The molecule has 2 aliphatic rings. The molecule has 0 unspecified atom stereocenters. The van der Waals surface area contributed by atoms with E-state index in [4.69, 9.17) is 0 Å². The number of nitrogens with zero attached hydrogens (tertiary/aromatic N) is 1. The van der Waals surface area contributed by atoms with Crippen molar-refractivity contribution in [2.45, 2.75) is 51.1 Å². The van der Waals surface area contributed by atoms with Crippen molar-refractivity contribution in [3.05, 3.63) is 60.2 Å². The van der Waals surface area contributed by atoms with Gasteiger partial charge in [0, 0.05) is 12.5 Å². The molecule has 1 fully saturated rings. The molecular formula is C25H30N4O3. The van der Waals surface area contributed by atoms with Gasteiger partial charge in [-0.1, -0.05) is 62.2 Å². The van der Waals surface area contributed by atoms with Crippen LogP contribution in [0, 0.1) is 5.92 Å². The molecule has 1 aliphatic carbocycles. The number of amides is 4. The number of para-hydroxylation sites is 2. The largest absolute Gasteiger partial charge is 0.351 e. The number of hydrogen-bond acceptors (Lipinski definition) is 3. The maximum absolute atomic E-state index is 13.3. The normalized spacial score (nSPS) is 21.2. The third-order valence-electron chi connectivity index (χ3n) is 6.35. The molecule has 7 nitrogen and oxygen atoms in total. The Hall–Kier alpha value is -3.35. The van der Waals surface area contributed by atoms with Crippen LogP contribution in [0.3, 0.4) is 0 Å². The van der Waals surface area contributed by atoms with Crippen LogP contribution < -0.4 is 20.9 Å². The van der Waals surface area contributed by atoms with Gasteiger partial charge in [-0.3, -0.25) is 14.5 Å². The lowest BCUT2D eigenvalue weighted by atomic mass is 9.85. The third-order valence-corrected chi connectivity index (χ3v) is 6.35. The molecule has 0 radical (unpaired) electrons. The lowest BCUT2D eigenvalue weighted by Crippen LogP contribution is -2.56. The summed E-state index contributed by atoms with van der Waals surface area (Å²) in [5, 5.41) is 8.85. The number of anilines is 2. The van der Waals surface area contributed by atoms with Crippen molar-refractivity contribution in [1.82, 2.24) is 10.6 Å². The number of carbonyl (C=O) groups excluding carboxylic acids is 3. The molecule has 4 amide bonds. The zero-order valence-electron chi connectivity index (χ0n) is 18.3. The summed E-state index contributed by atoms with van der Waals surface area (Å²) in [6.07, 6.45) is 4.72. The lowest BCUT2D eigenvalue weighted by Gasteiger charge is -2.33. The predicted octanol–water partition coefficient (Wildman–Crippen LogP) is 3.46. The molecule has 0 spiro atoms. The van der Waals surface area contributed by atoms with Crippen LogP contribution in [-0.2, 0) is 16.0 Å². The number of urea groups is 1. The first-order valence-corrected chi connectivity index (χ1v) is 11.3. The Morgan fingerprint density at radius 3 is 2.56 bits per heavy atom. The van der Waals surface area contributed by atoms with Crippen molar-refractivity contribution in [2.24, 2.45) is 5.92 Å². The van der Waals surface area contributed by atoms with Gasteiger partial charge < -0.3 is 16.0 Å². The summed E-state index contributed by atoms with van der Waals surface area (Å²) in [4.78, 5) is 40.0. The van der Waals surface area contributed by atoms with E-state index < -0.39 is 12.1 Å². The highest BCUT2D eigenvalue weighted by atomic mass is 16.2. The van der Waals surface area contributed by atoms with Crippen LogP contribution in [-0.4, -0.2) is 36.5 Å². The topological polar surface area (TPSA) is 90.5 Å². The van der Waals surface area contributed by atoms with Crippen molar-refractivity contribution >= 4 is 29.2 Å². The van der Waals surface area contributed by atoms with Crippen molar-refractivity contribution in [3.8, 4) is 0 Å². The minimum Gasteiger partial charge on any atom is -0.351 e. The van der Waals surface area contributed by atoms with E-state index in [1.807, 2.05) is 36.4 Å². The van der Waals surface area contributed by atoms with Crippen LogP contribution >= 0.6 is 0 Å². The third kappa shape index (κ3) is 5.10. The number of rotatable bonds is 5. The van der Waals surface area contributed by atoms with Gasteiger partial charge in [0.15, 0.2) is 0 Å². The minimum atomic E-state index is -0.740. The summed E-state index contributed by atoms with van der Waals surface area (Å²) in [6, 6.07) is 15.7. The van der Waals surface area contributed by atoms with E-state index in [0.717, 1.165) is 24.8 Å². The second-order valence-electron chi connectivity index (χ2n) is 8.72. The Balaban J connectivity index is 1.52. The molecule has 0 bridgehead atoms. The Bertz CT molecular complexity index is 978. The standard InChI is InChI=1S/C25H30N4O3/c1-17-9-5-6-12-19(17)27-24(31)21(15-18-10-3-2-4-11-18)28-25(32)29-16-23(30)26-20-13-7-8-14-22(20)29/h2-4,7-8,10-11,13-14,17,19,21H,5-6,9,12,15-16H2,1H3,(H,26,30)(H,27,31)(H,28,32)/t17-,19-,21+/m0/s1. The van der Waals surface area contributed by atoms with Crippen LogP contribution in [0.2, 0.25) is 0 Å². The molecule has 1 saturated carbocycles. The summed E-state index contributed by atoms with van der Waals surface area (Å²) in [5.74, 6) is -0.0342. The molecule has 2 aromatic rings. The fourth-order valence-corrected chi connectivity index (χ4v) is 4.51. The van der Waals surface area contributed by atoms with Crippen molar-refractivity contribution in [3.63, 3.8) is 0 Å². The van der Waals surface area contributed by atoms with Crippen LogP contribution in [0.4, 0.5) is 16.2 Å². The van der Waals surface area contributed by atoms with E-state index >= 15 is 0 Å². The Morgan fingerprint density at radius 2 is 1.78 bits per heavy atom. The van der Waals surface area contributed by atoms with Gasteiger partial charge in [0.05, 0.1) is 11.4 Å². The number of fused-ring (bicyclic) bond motifs is 1. The summed E-state index contributed by atoms with van der Waals surface area (Å²) < 4.78 is 0. The minimum absolute atomic E-state index is 0.0951. The van der Waals surface area contributed by atoms with E-state index in [0.29, 0.717) is 23.7 Å². The van der Waals surface area contributed by atoms with E-state index in [1.165, 1.54) is 11.3 Å². The van der Waals surface area contributed by atoms with E-state index in [2.05, 4.69) is 22.9 Å². The average molecular weight is 435 g/mol. The van der Waals surface area contributed by atoms with Crippen LogP contribution in [0.5, 0.6) is 0 Å². The quantitative estimate of drug-likeness (QED) is 0.673. The Morgan fingerprint density at radius 1 is 1.06 bits per heavy atom. The van der Waals surface area contributed by atoms with Crippen LogP contribution in [0.1, 0.15) is 38.2 Å². The summed E-state index contributed by atoms with van der Waals surface area (Å²) in [6.45, 7) is 2.07. The SMILES string of the molecule is C[C@H]1CCCC[C@@H]1NC(=O)[C@@H](Cc1ccccc1)NC(=O)N1CC(=O)Nc2ccccc21. The fourth-order valence-electron chi connectivity index (χ4n) is 4.51. The lowest BCUT2D eigenvalue weighted by molar-refractivity contribution is -0.124. The first-order chi connectivity index (χ1) is 15.5. The van der Waals surface area contributed by atoms with Crippen molar-refractivity contribution in [1.29, 1.82) is 0 Å². The maximum atomic E-state index is 13.3. The molecular weight excluding hydrogens is 404 g/mol. The van der Waals surface area contributed by atoms with Crippen molar-refractivity contribution in [2.75, 3.05) is 16.8 Å². The van der Waals surface area contributed by atoms with E-state index in [1.54, 1.807) is 18.2 Å². The summed E-state index contributed by atoms with van der Waals surface area (Å²) in [5.41, 5.74) is 2.16. The molecule has 7 heteroatoms. The van der Waals surface area contributed by atoms with Crippen molar-refractivity contribution < 1.29 is 14.4 Å². The zero-order valence-corrected chi connectivity index (χ0v) is 18.3. The van der Waals surface area contributed by atoms with Crippen LogP contribution in [0.15, 0.2) is 54.6 Å². The monoisotopic (exact) mass is 434 g/mol. The summed E-state index contributed by atoms with van der Waals surface area (Å²) >= 11 is 0. The molecule has 32 heavy (non-hydrogen) atoms. The fraction of sp³-hybridized carbons (Fsp3) is 0.400. The highest BCUT2D eigenvalue weighted by Crippen LogP contribution is 2.29. The first-order valence-electron chi connectivity index (χ1n) is 11.3. The van der Waals surface area contributed by atoms with Gasteiger partial charge >= 0.3 is 6.03 Å². The first kappa shape index (κ1) is 21.9. The van der Waals surface area contributed by atoms with E-state index in [-0.39, 0.29) is 24.4 Å². The smallest absolute Gasteiger partial charge is 0.323 e. The Kier molecular flexibility index (Phi) is 6.73. The molecule has 168 valence electrons. The second kappa shape index (κ2) is 9.85. The molecule has 1 aliphatic heterocycles. The number of nitrogens with one attached hydrogen (secondary N) is 3. The van der Waals surface area contributed by atoms with Gasteiger partial charge in [-0.25, -0.2) is 4.79 Å². The highest BCUT2D eigenvalue weighted by Gasteiger charge is 2.31. The average Bonchev–Trinajstić information content (AvgIpc) is 2.80. The predicted molar refractivity (Wildman–Crippen MR) is 124 cm³/mol. The molecule has 3 atom stereocenters. The van der Waals surface area contributed by atoms with Gasteiger partial charge in [-0.15, -0.1) is 0 Å². The molecule has 3 N–H and O–H groups in total. The Labute approximate surface area is 188 Å². The number of carbonyl (C=O) groups is 3. The van der Waals surface area contributed by atoms with Gasteiger partial charge in [0.1, 0.15) is 12.6 Å². The molecule has 0 saturated heterocycles. The molecule has 2 aromatic carbocycles. The number of hydrogen-bond donors (Lipinski definition) is 3. The number of benzene rings is 2. The maximum Gasteiger partial charge on any atom is 0.323 e. The van der Waals surface area contributed by atoms with Crippen LogP contribution in [0.25, 0.3) is 0 Å². The van der Waals surface area contributed by atoms with E-state index in [9.17, 15) is 14.4 Å². The van der Waals surface area contributed by atoms with Gasteiger partial charge in [-0.2, -0.15) is 0 Å². The summed E-state index contributed by atoms with van der Waals surface area (Å²) in [7, 11) is 0. The van der Waals surface area contributed by atoms with Gasteiger partial charge in [-0.05, 0) is 36.5 Å². The molecule has 4 rings (SSSR count). The van der Waals surface area contributed by atoms with Gasteiger partial charge in [0.25, 0.3) is 0 Å². The second-order valence-corrected chi connectivity index (χ2v) is 8.72. The molecule has 1 heterocycles. The highest BCUT2D eigenvalue weighted by molar-refractivity contribution is 6.10. The van der Waals surface area contributed by atoms with Gasteiger partial charge in [0.2, 0.25) is 11.8 Å².